The van der Waals surface area contributed by atoms with Gasteiger partial charge in [-0.2, -0.15) is 0 Å². The average Bonchev–Trinajstić information content (AvgIpc) is 2.58. The molecule has 0 amide bonds. The summed E-state index contributed by atoms with van der Waals surface area (Å²) >= 11 is 2.35. The van der Waals surface area contributed by atoms with E-state index in [1.165, 1.54) is 44.1 Å². The number of methoxy groups -OCH3 is 1. The van der Waals surface area contributed by atoms with Gasteiger partial charge in [0.1, 0.15) is 0 Å². The lowest BCUT2D eigenvalue weighted by atomic mass is 9.63. The Labute approximate surface area is 183 Å². The minimum Gasteiger partial charge on any atom is -0.413 e. The summed E-state index contributed by atoms with van der Waals surface area (Å²) in [5.41, 5.74) is 1.82. The van der Waals surface area contributed by atoms with Gasteiger partial charge in [0.05, 0.1) is 12.7 Å². The molecule has 0 aromatic heterocycles. The van der Waals surface area contributed by atoms with Crippen LogP contribution in [0, 0.1) is 11.3 Å². The first-order valence-corrected chi connectivity index (χ1v) is 14.7. The van der Waals surface area contributed by atoms with Gasteiger partial charge in [-0.15, -0.1) is 0 Å². The van der Waals surface area contributed by atoms with Gasteiger partial charge in [0.2, 0.25) is 0 Å². The Morgan fingerprint density at radius 1 is 1.30 bits per heavy atom. The van der Waals surface area contributed by atoms with E-state index in [0.29, 0.717) is 17.4 Å². The van der Waals surface area contributed by atoms with Crippen molar-refractivity contribution in [3.8, 4) is 0 Å². The number of hydrogen-bond acceptors (Lipinski definition) is 2. The van der Waals surface area contributed by atoms with Crippen LogP contribution in [0.25, 0.3) is 0 Å². The van der Waals surface area contributed by atoms with Gasteiger partial charge in [-0.3, -0.25) is 0 Å². The summed E-state index contributed by atoms with van der Waals surface area (Å²) in [4.78, 5) is 0. The SMILES string of the molecule is CO[C@H]1CCC[C@@](C)(CCC/C(C)=C\I)[C@H]1/C=C/CO[Si](C)(C)C(C)(C)C. The molecule has 1 aliphatic carbocycles. The van der Waals surface area contributed by atoms with Crippen molar-refractivity contribution in [2.45, 2.75) is 97.4 Å². The Bertz CT molecular complexity index is 507. The molecule has 0 aliphatic heterocycles. The Morgan fingerprint density at radius 3 is 2.52 bits per heavy atom. The van der Waals surface area contributed by atoms with Crippen molar-refractivity contribution in [3.63, 3.8) is 0 Å². The van der Waals surface area contributed by atoms with Crippen LogP contribution in [-0.2, 0) is 9.16 Å². The Kier molecular flexibility index (Phi) is 10.3. The highest BCUT2D eigenvalue weighted by molar-refractivity contribution is 14.1. The summed E-state index contributed by atoms with van der Waals surface area (Å²) in [5, 5.41) is 0.263. The first-order chi connectivity index (χ1) is 12.5. The minimum absolute atomic E-state index is 0.263. The molecule has 1 aliphatic rings. The Hall–Kier alpha value is 0.347. The first kappa shape index (κ1) is 25.4. The van der Waals surface area contributed by atoms with Crippen molar-refractivity contribution in [2.24, 2.45) is 11.3 Å². The molecule has 27 heavy (non-hydrogen) atoms. The summed E-state index contributed by atoms with van der Waals surface area (Å²) in [7, 11) is 0.201. The number of allylic oxidation sites excluding steroid dienone is 1. The summed E-state index contributed by atoms with van der Waals surface area (Å²) in [6.45, 7) is 17.0. The van der Waals surface area contributed by atoms with E-state index in [1.807, 2.05) is 7.11 Å². The summed E-state index contributed by atoms with van der Waals surface area (Å²) < 4.78 is 14.5. The topological polar surface area (TPSA) is 18.5 Å². The molecule has 0 saturated heterocycles. The molecule has 0 aromatic rings. The monoisotopic (exact) mass is 506 g/mol. The lowest BCUT2D eigenvalue weighted by Crippen LogP contribution is -2.41. The lowest BCUT2D eigenvalue weighted by molar-refractivity contribution is -0.0263. The summed E-state index contributed by atoms with van der Waals surface area (Å²) in [6.07, 6.45) is 12.5. The van der Waals surface area contributed by atoms with Gasteiger partial charge in [0, 0.05) is 13.0 Å². The van der Waals surface area contributed by atoms with Crippen molar-refractivity contribution in [2.75, 3.05) is 13.7 Å². The van der Waals surface area contributed by atoms with Crippen LogP contribution in [-0.4, -0.2) is 28.1 Å². The van der Waals surface area contributed by atoms with E-state index >= 15 is 0 Å². The Balaban J connectivity index is 2.77. The molecule has 0 N–H and O–H groups in total. The maximum absolute atomic E-state index is 6.35. The number of hydrogen-bond donors (Lipinski definition) is 0. The van der Waals surface area contributed by atoms with Crippen molar-refractivity contribution >= 4 is 30.9 Å². The first-order valence-electron chi connectivity index (χ1n) is 10.6. The van der Waals surface area contributed by atoms with Crippen LogP contribution in [0.4, 0.5) is 0 Å². The smallest absolute Gasteiger partial charge is 0.192 e. The van der Waals surface area contributed by atoms with Crippen LogP contribution < -0.4 is 0 Å². The minimum atomic E-state index is -1.68. The van der Waals surface area contributed by atoms with Gasteiger partial charge >= 0.3 is 0 Å². The van der Waals surface area contributed by atoms with Gasteiger partial charge in [-0.25, -0.2) is 0 Å². The van der Waals surface area contributed by atoms with Crippen molar-refractivity contribution in [3.05, 3.63) is 21.8 Å². The van der Waals surface area contributed by atoms with Crippen molar-refractivity contribution in [1.29, 1.82) is 0 Å². The van der Waals surface area contributed by atoms with E-state index in [2.05, 4.69) is 86.5 Å². The normalized spacial score (nSPS) is 28.1. The van der Waals surface area contributed by atoms with E-state index in [4.69, 9.17) is 9.16 Å². The molecule has 1 saturated carbocycles. The number of halogens is 1. The highest BCUT2D eigenvalue weighted by Gasteiger charge is 2.40. The molecule has 0 heterocycles. The van der Waals surface area contributed by atoms with E-state index in [-0.39, 0.29) is 5.04 Å². The van der Waals surface area contributed by atoms with Crippen LogP contribution in [0.2, 0.25) is 18.1 Å². The van der Waals surface area contributed by atoms with E-state index in [0.717, 1.165) is 6.61 Å². The second-order valence-corrected chi connectivity index (χ2v) is 15.6. The molecule has 1 rings (SSSR count). The predicted octanol–water partition coefficient (Wildman–Crippen LogP) is 7.89. The van der Waals surface area contributed by atoms with Gasteiger partial charge in [-0.1, -0.05) is 74.4 Å². The predicted molar refractivity (Wildman–Crippen MR) is 130 cm³/mol. The number of ether oxygens (including phenoxy) is 1. The Morgan fingerprint density at radius 2 is 1.96 bits per heavy atom. The van der Waals surface area contributed by atoms with E-state index < -0.39 is 8.32 Å². The zero-order valence-corrected chi connectivity index (χ0v) is 22.2. The highest BCUT2D eigenvalue weighted by Crippen LogP contribution is 2.46. The van der Waals surface area contributed by atoms with Crippen LogP contribution >= 0.6 is 22.6 Å². The van der Waals surface area contributed by atoms with Gasteiger partial charge in [-0.05, 0) is 66.7 Å². The third-order valence-corrected chi connectivity index (χ3v) is 12.5. The van der Waals surface area contributed by atoms with Crippen LogP contribution in [0.3, 0.4) is 0 Å². The molecule has 1 fully saturated rings. The quantitative estimate of drug-likeness (QED) is 0.180. The molecule has 2 nitrogen and oxygen atoms in total. The van der Waals surface area contributed by atoms with Crippen molar-refractivity contribution < 1.29 is 9.16 Å². The van der Waals surface area contributed by atoms with E-state index in [9.17, 15) is 0 Å². The second kappa shape index (κ2) is 10.9. The molecular formula is C23H43IO2Si. The molecule has 0 unspecified atom stereocenters. The maximum atomic E-state index is 6.35. The highest BCUT2D eigenvalue weighted by atomic mass is 127. The molecule has 0 spiro atoms. The molecule has 4 heteroatoms. The standard InChI is InChI=1S/C23H43IO2Si/c1-19(18-24)12-9-15-23(5)16-10-14-21(25-6)20(23)13-11-17-26-27(7,8)22(2,3)4/h11,13,18,20-21H,9-10,12,14-17H2,1-8H3/b13-11+,19-18-/t20-,21-,23+/m0/s1. The van der Waals surface area contributed by atoms with Gasteiger partial charge < -0.3 is 9.16 Å². The molecule has 0 radical (unpaired) electrons. The van der Waals surface area contributed by atoms with Crippen LogP contribution in [0.5, 0.6) is 0 Å². The third kappa shape index (κ3) is 7.59. The fraction of sp³-hybridized carbons (Fsp3) is 0.826. The molecule has 158 valence electrons. The zero-order chi connectivity index (χ0) is 20.7. The fourth-order valence-corrected chi connectivity index (χ4v) is 5.17. The summed E-state index contributed by atoms with van der Waals surface area (Å²) in [5.74, 6) is 0.489. The lowest BCUT2D eigenvalue weighted by Gasteiger charge is -2.45. The average molecular weight is 507 g/mol. The summed E-state index contributed by atoms with van der Waals surface area (Å²) in [6, 6.07) is 0. The fourth-order valence-electron chi connectivity index (χ4n) is 3.92. The van der Waals surface area contributed by atoms with Crippen molar-refractivity contribution in [1.82, 2.24) is 0 Å². The van der Waals surface area contributed by atoms with Crippen LogP contribution in [0.15, 0.2) is 21.8 Å². The largest absolute Gasteiger partial charge is 0.413 e. The molecular weight excluding hydrogens is 463 g/mol. The van der Waals surface area contributed by atoms with Gasteiger partial charge in [0.25, 0.3) is 0 Å². The number of rotatable bonds is 9. The third-order valence-electron chi connectivity index (χ3n) is 6.94. The molecule has 3 atom stereocenters. The van der Waals surface area contributed by atoms with Crippen LogP contribution in [0.1, 0.15) is 73.1 Å². The van der Waals surface area contributed by atoms with Gasteiger partial charge in [0.15, 0.2) is 8.32 Å². The zero-order valence-electron chi connectivity index (χ0n) is 19.0. The van der Waals surface area contributed by atoms with E-state index in [1.54, 1.807) is 0 Å². The molecule has 0 bridgehead atoms. The molecule has 0 aromatic carbocycles. The second-order valence-electron chi connectivity index (χ2n) is 10.2. The maximum Gasteiger partial charge on any atom is 0.192 e.